The molecule has 2 aliphatic rings. The SMILES string of the molecule is O=C(O)[C@@]1(C[C@H]2CN(S(=O)(=O)c3cccc(C(F)(F)F)c3)c3cc(-c4cc(F)ccc4F)ccc3O2)CCNC1=O. The van der Waals surface area contributed by atoms with E-state index in [1.54, 1.807) is 0 Å². The number of amides is 1. The van der Waals surface area contributed by atoms with Gasteiger partial charge in [-0.05, 0) is 60.5 Å². The maximum Gasteiger partial charge on any atom is 0.416 e. The summed E-state index contributed by atoms with van der Waals surface area (Å²) in [6.45, 7) is -0.508. The molecule has 0 unspecified atom stereocenters. The van der Waals surface area contributed by atoms with Gasteiger partial charge in [0, 0.05) is 18.5 Å². The Labute approximate surface area is 230 Å². The van der Waals surface area contributed by atoms with Gasteiger partial charge < -0.3 is 15.2 Å². The molecule has 1 fully saturated rings. The van der Waals surface area contributed by atoms with Gasteiger partial charge in [-0.25, -0.2) is 17.2 Å². The number of hydrogen-bond donors (Lipinski definition) is 2. The Morgan fingerprint density at radius 2 is 1.85 bits per heavy atom. The van der Waals surface area contributed by atoms with Crippen LogP contribution >= 0.6 is 0 Å². The van der Waals surface area contributed by atoms with Crippen LogP contribution in [0.4, 0.5) is 27.6 Å². The van der Waals surface area contributed by atoms with Crippen LogP contribution in [0.3, 0.4) is 0 Å². The van der Waals surface area contributed by atoms with Gasteiger partial charge in [-0.15, -0.1) is 0 Å². The molecule has 0 aliphatic carbocycles. The molecule has 8 nitrogen and oxygen atoms in total. The monoisotopic (exact) mass is 596 g/mol. The number of carboxylic acids is 1. The molecule has 0 radical (unpaired) electrons. The van der Waals surface area contributed by atoms with E-state index in [0.29, 0.717) is 12.1 Å². The van der Waals surface area contributed by atoms with Crippen molar-refractivity contribution in [3.63, 3.8) is 0 Å². The molecule has 5 rings (SSSR count). The average Bonchev–Trinajstić information content (AvgIpc) is 3.29. The quantitative estimate of drug-likeness (QED) is 0.318. The zero-order chi connectivity index (χ0) is 29.7. The first kappa shape index (κ1) is 28.3. The molecule has 2 heterocycles. The Balaban J connectivity index is 1.63. The summed E-state index contributed by atoms with van der Waals surface area (Å²) in [5.41, 5.74) is -3.49. The Bertz CT molecular complexity index is 1660. The number of halogens is 5. The number of carbonyl (C=O) groups is 2. The van der Waals surface area contributed by atoms with Crippen LogP contribution in [0.2, 0.25) is 0 Å². The predicted octanol–water partition coefficient (Wildman–Crippen LogP) is 4.59. The van der Waals surface area contributed by atoms with Gasteiger partial charge in [0.2, 0.25) is 5.91 Å². The molecule has 41 heavy (non-hydrogen) atoms. The summed E-state index contributed by atoms with van der Waals surface area (Å²) in [6, 6.07) is 9.49. The molecule has 0 saturated carbocycles. The Morgan fingerprint density at radius 3 is 2.51 bits per heavy atom. The third-order valence-electron chi connectivity index (χ3n) is 7.14. The number of anilines is 1. The number of rotatable bonds is 6. The maximum atomic E-state index is 14.6. The number of carbonyl (C=O) groups excluding carboxylic acids is 1. The summed E-state index contributed by atoms with van der Waals surface area (Å²) >= 11 is 0. The van der Waals surface area contributed by atoms with Gasteiger partial charge in [-0.2, -0.15) is 13.2 Å². The summed E-state index contributed by atoms with van der Waals surface area (Å²) in [6.07, 6.45) is -6.59. The van der Waals surface area contributed by atoms with Gasteiger partial charge >= 0.3 is 12.1 Å². The molecule has 1 saturated heterocycles. The first-order valence-corrected chi connectivity index (χ1v) is 13.6. The number of carboxylic acid groups (broad SMARTS) is 1. The van der Waals surface area contributed by atoms with Crippen molar-refractivity contribution in [2.24, 2.45) is 5.41 Å². The van der Waals surface area contributed by atoms with E-state index in [4.69, 9.17) is 4.74 Å². The van der Waals surface area contributed by atoms with E-state index in [2.05, 4.69) is 5.32 Å². The third-order valence-corrected chi connectivity index (χ3v) is 8.91. The fourth-order valence-corrected chi connectivity index (χ4v) is 6.58. The summed E-state index contributed by atoms with van der Waals surface area (Å²) in [5, 5.41) is 12.3. The van der Waals surface area contributed by atoms with Crippen LogP contribution in [0.25, 0.3) is 11.1 Å². The van der Waals surface area contributed by atoms with Crippen LogP contribution < -0.4 is 14.4 Å². The lowest BCUT2D eigenvalue weighted by molar-refractivity contribution is -0.155. The van der Waals surface area contributed by atoms with Crippen molar-refractivity contribution in [2.45, 2.75) is 30.0 Å². The zero-order valence-corrected chi connectivity index (χ0v) is 21.7. The fourth-order valence-electron chi connectivity index (χ4n) is 5.04. The number of alkyl halides is 3. The molecule has 14 heteroatoms. The van der Waals surface area contributed by atoms with Crippen molar-refractivity contribution in [1.82, 2.24) is 5.32 Å². The van der Waals surface area contributed by atoms with E-state index in [9.17, 15) is 45.1 Å². The molecule has 1 amide bonds. The molecule has 2 N–H and O–H groups in total. The number of ether oxygens (including phenoxy) is 1. The van der Waals surface area contributed by atoms with E-state index in [1.807, 2.05) is 0 Å². The van der Waals surface area contributed by atoms with Crippen LogP contribution in [-0.2, 0) is 25.8 Å². The van der Waals surface area contributed by atoms with Crippen LogP contribution in [0.5, 0.6) is 5.75 Å². The Kier molecular flexibility index (Phi) is 6.92. The van der Waals surface area contributed by atoms with Gasteiger partial charge in [-0.3, -0.25) is 13.9 Å². The number of sulfonamides is 1. The molecule has 2 atom stereocenters. The minimum atomic E-state index is -4.84. The minimum Gasteiger partial charge on any atom is -0.486 e. The maximum absolute atomic E-state index is 14.6. The highest BCUT2D eigenvalue weighted by molar-refractivity contribution is 7.92. The van der Waals surface area contributed by atoms with Crippen LogP contribution in [-0.4, -0.2) is 44.6 Å². The molecular weight excluding hydrogens is 575 g/mol. The van der Waals surface area contributed by atoms with E-state index in [1.165, 1.54) is 18.2 Å². The largest absolute Gasteiger partial charge is 0.486 e. The standard InChI is InChI=1S/C27H21F5N2O6S/c28-17-5-6-21(29)20(12-17)15-4-7-23-22(10-15)34(41(38,39)19-3-1-2-16(11-19)27(30,31)32)14-18(40-23)13-26(25(36)37)8-9-33-24(26)35/h1-7,10-12,18H,8-9,13-14H2,(H,33,35)(H,36,37)/t18-,26+/m0/s1. The van der Waals surface area contributed by atoms with Crippen molar-refractivity contribution in [1.29, 1.82) is 0 Å². The summed E-state index contributed by atoms with van der Waals surface area (Å²) < 4.78 is 103. The zero-order valence-electron chi connectivity index (χ0n) is 20.9. The van der Waals surface area contributed by atoms with Gasteiger partial charge in [0.1, 0.15) is 23.5 Å². The van der Waals surface area contributed by atoms with Gasteiger partial charge in [0.15, 0.2) is 5.41 Å². The molecule has 0 spiro atoms. The topological polar surface area (TPSA) is 113 Å². The lowest BCUT2D eigenvalue weighted by Gasteiger charge is -2.38. The predicted molar refractivity (Wildman–Crippen MR) is 134 cm³/mol. The van der Waals surface area contributed by atoms with E-state index < -0.39 is 74.7 Å². The second-order valence-corrected chi connectivity index (χ2v) is 11.6. The lowest BCUT2D eigenvalue weighted by Crippen LogP contribution is -2.49. The number of nitrogens with zero attached hydrogens (tertiary/aromatic N) is 1. The third kappa shape index (κ3) is 5.07. The molecule has 0 aromatic heterocycles. The highest BCUT2D eigenvalue weighted by atomic mass is 32.2. The number of aliphatic carboxylic acids is 1. The van der Waals surface area contributed by atoms with Crippen LogP contribution in [0, 0.1) is 17.0 Å². The molecule has 216 valence electrons. The lowest BCUT2D eigenvalue weighted by atomic mass is 9.80. The second-order valence-electron chi connectivity index (χ2n) is 9.71. The smallest absolute Gasteiger partial charge is 0.416 e. The number of nitrogens with one attached hydrogen (secondary N) is 1. The molecule has 0 bridgehead atoms. The molecule has 2 aliphatic heterocycles. The summed E-state index contributed by atoms with van der Waals surface area (Å²) in [4.78, 5) is 23.9. The van der Waals surface area contributed by atoms with Crippen LogP contribution in [0.1, 0.15) is 18.4 Å². The Hall–Kier alpha value is -4.20. The second kappa shape index (κ2) is 10.0. The van der Waals surface area contributed by atoms with Gasteiger partial charge in [-0.1, -0.05) is 12.1 Å². The van der Waals surface area contributed by atoms with E-state index >= 15 is 0 Å². The Morgan fingerprint density at radius 1 is 1.10 bits per heavy atom. The summed E-state index contributed by atoms with van der Waals surface area (Å²) in [5.74, 6) is -3.91. The normalized spacial score (nSPS) is 20.8. The number of hydrogen-bond acceptors (Lipinski definition) is 5. The van der Waals surface area contributed by atoms with Crippen molar-refractivity contribution in [2.75, 3.05) is 17.4 Å². The molecular formula is C27H21F5N2O6S. The minimum absolute atomic E-state index is 0.0456. The average molecular weight is 597 g/mol. The highest BCUT2D eigenvalue weighted by Gasteiger charge is 2.52. The summed E-state index contributed by atoms with van der Waals surface area (Å²) in [7, 11) is -4.76. The molecule has 3 aromatic rings. The van der Waals surface area contributed by atoms with Crippen molar-refractivity contribution in [3.8, 4) is 16.9 Å². The number of fused-ring (bicyclic) bond motifs is 1. The van der Waals surface area contributed by atoms with Crippen molar-refractivity contribution in [3.05, 3.63) is 77.9 Å². The highest BCUT2D eigenvalue weighted by Crippen LogP contribution is 2.44. The van der Waals surface area contributed by atoms with Crippen LogP contribution in [0.15, 0.2) is 65.6 Å². The van der Waals surface area contributed by atoms with E-state index in [-0.39, 0.29) is 35.5 Å². The van der Waals surface area contributed by atoms with Crippen molar-refractivity contribution < 1.29 is 49.8 Å². The number of benzene rings is 3. The fraction of sp³-hybridized carbons (Fsp3) is 0.259. The first-order chi connectivity index (χ1) is 19.2. The van der Waals surface area contributed by atoms with Gasteiger partial charge in [0.05, 0.1) is 22.7 Å². The molecule has 3 aromatic carbocycles. The first-order valence-electron chi connectivity index (χ1n) is 12.2. The van der Waals surface area contributed by atoms with Crippen molar-refractivity contribution >= 4 is 27.6 Å². The van der Waals surface area contributed by atoms with E-state index in [0.717, 1.165) is 34.6 Å². The van der Waals surface area contributed by atoms with Gasteiger partial charge in [0.25, 0.3) is 10.0 Å².